The van der Waals surface area contributed by atoms with E-state index in [0.717, 1.165) is 16.8 Å². The molecule has 104 valence electrons. The van der Waals surface area contributed by atoms with Crippen LogP contribution >= 0.6 is 0 Å². The molecule has 2 aromatic rings. The zero-order chi connectivity index (χ0) is 14.7. The van der Waals surface area contributed by atoms with Gasteiger partial charge >= 0.3 is 0 Å². The molecule has 0 aliphatic heterocycles. The monoisotopic (exact) mass is 269 g/mol. The summed E-state index contributed by atoms with van der Waals surface area (Å²) in [5, 5.41) is 5.97. The Morgan fingerprint density at radius 2 is 1.80 bits per heavy atom. The molecule has 0 radical (unpaired) electrons. The van der Waals surface area contributed by atoms with Crippen molar-refractivity contribution >= 4 is 17.3 Å². The van der Waals surface area contributed by atoms with Crippen LogP contribution in [0.1, 0.15) is 27.0 Å². The minimum absolute atomic E-state index is 0.133. The summed E-state index contributed by atoms with van der Waals surface area (Å²) >= 11 is 0. The van der Waals surface area contributed by atoms with Crippen LogP contribution in [0.5, 0.6) is 0 Å². The minimum atomic E-state index is -0.133. The number of rotatable bonds is 3. The van der Waals surface area contributed by atoms with Crippen molar-refractivity contribution in [3.8, 4) is 0 Å². The van der Waals surface area contributed by atoms with Gasteiger partial charge in [-0.15, -0.1) is 0 Å². The first-order chi connectivity index (χ1) is 9.52. The molecule has 0 saturated heterocycles. The van der Waals surface area contributed by atoms with Gasteiger partial charge in [0, 0.05) is 18.9 Å². The number of aryl methyl sites for hydroxylation is 3. The van der Waals surface area contributed by atoms with Crippen molar-refractivity contribution in [2.24, 2.45) is 0 Å². The number of amides is 1. The number of nitrogens with zero attached hydrogens (tertiary/aromatic N) is 1. The van der Waals surface area contributed by atoms with E-state index < -0.39 is 0 Å². The highest BCUT2D eigenvalue weighted by Gasteiger charge is 2.13. The Bertz CT molecular complexity index is 627. The van der Waals surface area contributed by atoms with Gasteiger partial charge in [0.05, 0.1) is 17.4 Å². The second-order valence-corrected chi connectivity index (χ2v) is 4.90. The molecular weight excluding hydrogens is 250 g/mol. The number of nitrogens with one attached hydrogen (secondary N) is 2. The molecule has 0 unspecified atom stereocenters. The molecule has 0 saturated carbocycles. The maximum absolute atomic E-state index is 12.4. The van der Waals surface area contributed by atoms with Crippen molar-refractivity contribution in [2.45, 2.75) is 20.8 Å². The third-order valence-electron chi connectivity index (χ3n) is 3.25. The second kappa shape index (κ2) is 5.74. The number of carbonyl (C=O) groups is 1. The number of hydrogen-bond acceptors (Lipinski definition) is 3. The maximum Gasteiger partial charge on any atom is 0.257 e. The summed E-state index contributed by atoms with van der Waals surface area (Å²) in [5.74, 6) is -0.133. The van der Waals surface area contributed by atoms with E-state index in [1.165, 1.54) is 5.56 Å². The standard InChI is InChI=1S/C16H19N3O/c1-10-7-11(2)15(12(3)8-10)19-16(20)13-5-6-18-9-14(13)17-4/h5-9,17H,1-4H3,(H,19,20). The number of hydrogen-bond donors (Lipinski definition) is 2. The highest BCUT2D eigenvalue weighted by Crippen LogP contribution is 2.23. The molecule has 4 nitrogen and oxygen atoms in total. The first-order valence-electron chi connectivity index (χ1n) is 6.54. The summed E-state index contributed by atoms with van der Waals surface area (Å²) in [6, 6.07) is 5.84. The topological polar surface area (TPSA) is 54.0 Å². The van der Waals surface area contributed by atoms with E-state index >= 15 is 0 Å². The van der Waals surface area contributed by atoms with Crippen molar-refractivity contribution in [1.82, 2.24) is 4.98 Å². The quantitative estimate of drug-likeness (QED) is 0.899. The molecule has 1 aromatic heterocycles. The maximum atomic E-state index is 12.4. The fourth-order valence-electron chi connectivity index (χ4n) is 2.35. The molecular formula is C16H19N3O. The van der Waals surface area contributed by atoms with Crippen LogP contribution in [0.4, 0.5) is 11.4 Å². The third-order valence-corrected chi connectivity index (χ3v) is 3.25. The van der Waals surface area contributed by atoms with Gasteiger partial charge in [0.2, 0.25) is 0 Å². The van der Waals surface area contributed by atoms with E-state index in [4.69, 9.17) is 0 Å². The molecule has 0 bridgehead atoms. The van der Waals surface area contributed by atoms with E-state index in [9.17, 15) is 4.79 Å². The highest BCUT2D eigenvalue weighted by molar-refractivity contribution is 6.08. The lowest BCUT2D eigenvalue weighted by molar-refractivity contribution is 0.102. The molecule has 4 heteroatoms. The van der Waals surface area contributed by atoms with E-state index in [0.29, 0.717) is 11.3 Å². The van der Waals surface area contributed by atoms with Gasteiger partial charge in [-0.05, 0) is 38.0 Å². The summed E-state index contributed by atoms with van der Waals surface area (Å²) < 4.78 is 0. The Labute approximate surface area is 119 Å². The molecule has 20 heavy (non-hydrogen) atoms. The third kappa shape index (κ3) is 2.79. The van der Waals surface area contributed by atoms with Crippen molar-refractivity contribution < 1.29 is 4.79 Å². The lowest BCUT2D eigenvalue weighted by atomic mass is 10.0. The highest BCUT2D eigenvalue weighted by atomic mass is 16.1. The zero-order valence-electron chi connectivity index (χ0n) is 12.2. The fourth-order valence-corrected chi connectivity index (χ4v) is 2.35. The Hall–Kier alpha value is -2.36. The molecule has 0 atom stereocenters. The van der Waals surface area contributed by atoms with E-state index in [1.807, 2.05) is 20.8 Å². The second-order valence-electron chi connectivity index (χ2n) is 4.90. The van der Waals surface area contributed by atoms with Crippen LogP contribution in [0.3, 0.4) is 0 Å². The summed E-state index contributed by atoms with van der Waals surface area (Å²) in [7, 11) is 1.77. The smallest absolute Gasteiger partial charge is 0.257 e. The first-order valence-corrected chi connectivity index (χ1v) is 6.54. The molecule has 2 N–H and O–H groups in total. The van der Waals surface area contributed by atoms with Gasteiger partial charge in [-0.25, -0.2) is 0 Å². The number of aromatic nitrogens is 1. The summed E-state index contributed by atoms with van der Waals surface area (Å²) in [4.78, 5) is 16.4. The Morgan fingerprint density at radius 1 is 1.15 bits per heavy atom. The minimum Gasteiger partial charge on any atom is -0.386 e. The van der Waals surface area contributed by atoms with Crippen molar-refractivity contribution in [2.75, 3.05) is 17.7 Å². The molecule has 0 spiro atoms. The zero-order valence-corrected chi connectivity index (χ0v) is 12.2. The molecule has 2 rings (SSSR count). The molecule has 1 heterocycles. The van der Waals surface area contributed by atoms with Gasteiger partial charge < -0.3 is 10.6 Å². The molecule has 1 amide bonds. The summed E-state index contributed by atoms with van der Waals surface area (Å²) in [6.07, 6.45) is 3.26. The predicted octanol–water partition coefficient (Wildman–Crippen LogP) is 3.30. The van der Waals surface area contributed by atoms with Crippen molar-refractivity contribution in [1.29, 1.82) is 0 Å². The SMILES string of the molecule is CNc1cnccc1C(=O)Nc1c(C)cc(C)cc1C. The van der Waals surface area contributed by atoms with Crippen LogP contribution in [0, 0.1) is 20.8 Å². The Kier molecular flexibility index (Phi) is 4.03. The van der Waals surface area contributed by atoms with E-state index in [-0.39, 0.29) is 5.91 Å². The van der Waals surface area contributed by atoms with Crippen LogP contribution in [0.2, 0.25) is 0 Å². The lowest BCUT2D eigenvalue weighted by Crippen LogP contribution is -2.15. The predicted molar refractivity (Wildman–Crippen MR) is 82.4 cm³/mol. The number of anilines is 2. The Morgan fingerprint density at radius 3 is 2.40 bits per heavy atom. The van der Waals surface area contributed by atoms with Crippen LogP contribution in [0.25, 0.3) is 0 Å². The van der Waals surface area contributed by atoms with Crippen LogP contribution < -0.4 is 10.6 Å². The molecule has 0 aliphatic rings. The average Bonchev–Trinajstić information content (AvgIpc) is 2.42. The molecule has 0 fully saturated rings. The van der Waals surface area contributed by atoms with E-state index in [2.05, 4.69) is 27.8 Å². The fraction of sp³-hybridized carbons (Fsp3) is 0.250. The van der Waals surface area contributed by atoms with E-state index in [1.54, 1.807) is 25.5 Å². The van der Waals surface area contributed by atoms with Gasteiger partial charge in [0.15, 0.2) is 0 Å². The lowest BCUT2D eigenvalue weighted by Gasteiger charge is -2.14. The van der Waals surface area contributed by atoms with Crippen molar-refractivity contribution in [3.05, 3.63) is 52.8 Å². The normalized spacial score (nSPS) is 10.2. The van der Waals surface area contributed by atoms with Crippen LogP contribution in [-0.2, 0) is 0 Å². The number of benzene rings is 1. The summed E-state index contributed by atoms with van der Waals surface area (Å²) in [6.45, 7) is 6.05. The van der Waals surface area contributed by atoms with Gasteiger partial charge in [-0.2, -0.15) is 0 Å². The van der Waals surface area contributed by atoms with Gasteiger partial charge in [0.1, 0.15) is 0 Å². The average molecular weight is 269 g/mol. The van der Waals surface area contributed by atoms with Crippen molar-refractivity contribution in [3.63, 3.8) is 0 Å². The summed E-state index contributed by atoms with van der Waals surface area (Å²) in [5.41, 5.74) is 5.50. The van der Waals surface area contributed by atoms with Gasteiger partial charge in [-0.3, -0.25) is 9.78 Å². The molecule has 0 aliphatic carbocycles. The number of pyridine rings is 1. The van der Waals surface area contributed by atoms with Crippen LogP contribution in [-0.4, -0.2) is 17.9 Å². The van der Waals surface area contributed by atoms with Gasteiger partial charge in [0.25, 0.3) is 5.91 Å². The number of carbonyl (C=O) groups excluding carboxylic acids is 1. The largest absolute Gasteiger partial charge is 0.386 e. The Balaban J connectivity index is 2.33. The van der Waals surface area contributed by atoms with Crippen LogP contribution in [0.15, 0.2) is 30.6 Å². The molecule has 1 aromatic carbocycles. The first kappa shape index (κ1) is 14.1. The van der Waals surface area contributed by atoms with Gasteiger partial charge in [-0.1, -0.05) is 17.7 Å².